The molecule has 0 unspecified atom stereocenters. The van der Waals surface area contributed by atoms with Gasteiger partial charge in [-0.25, -0.2) is 4.39 Å². The van der Waals surface area contributed by atoms with Gasteiger partial charge in [-0.05, 0) is 18.2 Å². The highest BCUT2D eigenvalue weighted by Gasteiger charge is 2.09. The molecule has 0 atom stereocenters. The average molecular weight is 270 g/mol. The van der Waals surface area contributed by atoms with Gasteiger partial charge in [0.25, 0.3) is 0 Å². The molecular weight excluding hydrogens is 257 g/mol. The quantitative estimate of drug-likeness (QED) is 0.736. The van der Waals surface area contributed by atoms with Crippen LogP contribution >= 0.6 is 15.9 Å². The largest absolute Gasteiger partial charge is 0.362 e. The lowest BCUT2D eigenvalue weighted by Crippen LogP contribution is -2.24. The zero-order valence-electron chi connectivity index (χ0n) is 8.42. The van der Waals surface area contributed by atoms with Crippen LogP contribution in [-0.2, 0) is 0 Å². The number of hydrogen-bond donors (Lipinski definition) is 0. The maximum Gasteiger partial charge on any atom is 0.146 e. The first-order valence-corrected chi connectivity index (χ1v) is 5.40. The van der Waals surface area contributed by atoms with Crippen molar-refractivity contribution in [3.05, 3.63) is 53.8 Å². The summed E-state index contributed by atoms with van der Waals surface area (Å²) in [6.07, 6.45) is 3.48. The van der Waals surface area contributed by atoms with Crippen molar-refractivity contribution in [1.29, 1.82) is 0 Å². The molecule has 0 heterocycles. The summed E-state index contributed by atoms with van der Waals surface area (Å²) in [7, 11) is 0. The summed E-state index contributed by atoms with van der Waals surface area (Å²) in [5, 5.41) is 0. The topological polar surface area (TPSA) is 3.24 Å². The van der Waals surface area contributed by atoms with E-state index >= 15 is 0 Å². The monoisotopic (exact) mass is 269 g/mol. The van der Waals surface area contributed by atoms with Crippen LogP contribution in [-0.4, -0.2) is 13.1 Å². The van der Waals surface area contributed by atoms with Crippen molar-refractivity contribution in [2.45, 2.75) is 0 Å². The van der Waals surface area contributed by atoms with Crippen LogP contribution in [0.15, 0.2) is 48.0 Å². The molecule has 0 aliphatic heterocycles. The van der Waals surface area contributed by atoms with Crippen LogP contribution in [0.4, 0.5) is 10.1 Å². The standard InChI is InChI=1S/C12H13BrFN/c1-3-7-15(8-4-2)12-9-10(13)5-6-11(12)14/h3-6,9H,1-2,7-8H2. The van der Waals surface area contributed by atoms with Gasteiger partial charge in [-0.3, -0.25) is 0 Å². The van der Waals surface area contributed by atoms with Gasteiger partial charge in [0.05, 0.1) is 5.69 Å². The first-order valence-electron chi connectivity index (χ1n) is 4.61. The third-order valence-corrected chi connectivity index (χ3v) is 2.44. The molecule has 3 heteroatoms. The fourth-order valence-corrected chi connectivity index (χ4v) is 1.66. The molecule has 0 aromatic heterocycles. The van der Waals surface area contributed by atoms with E-state index in [4.69, 9.17) is 0 Å². The molecule has 1 rings (SSSR count). The maximum atomic E-state index is 13.5. The number of benzene rings is 1. The molecule has 80 valence electrons. The Morgan fingerprint density at radius 2 is 1.87 bits per heavy atom. The van der Waals surface area contributed by atoms with Crippen LogP contribution in [0.5, 0.6) is 0 Å². The van der Waals surface area contributed by atoms with Gasteiger partial charge in [-0.2, -0.15) is 0 Å². The van der Waals surface area contributed by atoms with Crippen LogP contribution in [0, 0.1) is 5.82 Å². The fourth-order valence-electron chi connectivity index (χ4n) is 1.31. The summed E-state index contributed by atoms with van der Waals surface area (Å²) >= 11 is 3.32. The van der Waals surface area contributed by atoms with Crippen molar-refractivity contribution < 1.29 is 4.39 Å². The van der Waals surface area contributed by atoms with Crippen molar-refractivity contribution in [1.82, 2.24) is 0 Å². The molecule has 0 aliphatic rings. The molecule has 15 heavy (non-hydrogen) atoms. The normalized spacial score (nSPS) is 9.73. The van der Waals surface area contributed by atoms with Crippen LogP contribution in [0.25, 0.3) is 0 Å². The van der Waals surface area contributed by atoms with Gasteiger partial charge in [0.1, 0.15) is 5.82 Å². The SMILES string of the molecule is C=CCN(CC=C)c1cc(Br)ccc1F. The van der Waals surface area contributed by atoms with Gasteiger partial charge < -0.3 is 4.90 Å². The van der Waals surface area contributed by atoms with Gasteiger partial charge in [0, 0.05) is 17.6 Å². The summed E-state index contributed by atoms with van der Waals surface area (Å²) in [6.45, 7) is 8.49. The first-order chi connectivity index (χ1) is 7.19. The average Bonchev–Trinajstić information content (AvgIpc) is 2.21. The number of hydrogen-bond acceptors (Lipinski definition) is 1. The summed E-state index contributed by atoms with van der Waals surface area (Å²) in [4.78, 5) is 1.86. The van der Waals surface area contributed by atoms with Gasteiger partial charge in [0.15, 0.2) is 0 Å². The summed E-state index contributed by atoms with van der Waals surface area (Å²) in [5.74, 6) is -0.234. The molecule has 0 fully saturated rings. The predicted octanol–water partition coefficient (Wildman–Crippen LogP) is 3.77. The van der Waals surface area contributed by atoms with E-state index in [2.05, 4.69) is 29.1 Å². The Labute approximate surface area is 98.0 Å². The predicted molar refractivity (Wildman–Crippen MR) is 66.7 cm³/mol. The molecular formula is C12H13BrFN. The Kier molecular flexibility index (Phi) is 4.56. The van der Waals surface area contributed by atoms with E-state index in [0.717, 1.165) is 4.47 Å². The highest BCUT2D eigenvalue weighted by atomic mass is 79.9. The van der Waals surface area contributed by atoms with Crippen molar-refractivity contribution in [2.75, 3.05) is 18.0 Å². The van der Waals surface area contributed by atoms with Crippen molar-refractivity contribution >= 4 is 21.6 Å². The van der Waals surface area contributed by atoms with Crippen molar-refractivity contribution in [3.8, 4) is 0 Å². The van der Waals surface area contributed by atoms with E-state index in [1.807, 2.05) is 4.90 Å². The minimum Gasteiger partial charge on any atom is -0.362 e. The van der Waals surface area contributed by atoms with Crippen LogP contribution in [0.3, 0.4) is 0 Å². The van der Waals surface area contributed by atoms with E-state index in [1.54, 1.807) is 24.3 Å². The Morgan fingerprint density at radius 3 is 2.40 bits per heavy atom. The zero-order valence-corrected chi connectivity index (χ0v) is 10.0. The lowest BCUT2D eigenvalue weighted by Gasteiger charge is -2.22. The maximum absolute atomic E-state index is 13.5. The highest BCUT2D eigenvalue weighted by molar-refractivity contribution is 9.10. The number of anilines is 1. The van der Waals surface area contributed by atoms with Gasteiger partial charge >= 0.3 is 0 Å². The second-order valence-corrected chi connectivity index (χ2v) is 3.99. The number of nitrogens with zero attached hydrogens (tertiary/aromatic N) is 1. The Balaban J connectivity index is 3.02. The highest BCUT2D eigenvalue weighted by Crippen LogP contribution is 2.23. The third kappa shape index (κ3) is 3.20. The first kappa shape index (κ1) is 12.0. The minimum absolute atomic E-state index is 0.234. The smallest absolute Gasteiger partial charge is 0.146 e. The molecule has 1 aromatic carbocycles. The molecule has 0 spiro atoms. The molecule has 1 aromatic rings. The van der Waals surface area contributed by atoms with Gasteiger partial charge in [0.2, 0.25) is 0 Å². The third-order valence-electron chi connectivity index (χ3n) is 1.95. The molecule has 0 amide bonds. The van der Waals surface area contributed by atoms with Crippen molar-refractivity contribution in [2.24, 2.45) is 0 Å². The molecule has 0 radical (unpaired) electrons. The minimum atomic E-state index is -0.234. The lowest BCUT2D eigenvalue weighted by molar-refractivity contribution is 0.622. The Bertz CT molecular complexity index is 353. The van der Waals surface area contributed by atoms with Crippen LogP contribution in [0.2, 0.25) is 0 Å². The fraction of sp³-hybridized carbons (Fsp3) is 0.167. The molecule has 0 N–H and O–H groups in total. The summed E-state index contributed by atoms with van der Waals surface area (Å²) in [5.41, 5.74) is 0.559. The van der Waals surface area contributed by atoms with E-state index in [0.29, 0.717) is 18.8 Å². The Morgan fingerprint density at radius 1 is 1.27 bits per heavy atom. The van der Waals surface area contributed by atoms with E-state index in [1.165, 1.54) is 6.07 Å². The van der Waals surface area contributed by atoms with E-state index in [-0.39, 0.29) is 5.82 Å². The molecule has 1 nitrogen and oxygen atoms in total. The second kappa shape index (κ2) is 5.71. The van der Waals surface area contributed by atoms with Crippen LogP contribution < -0.4 is 4.90 Å². The molecule has 0 saturated heterocycles. The van der Waals surface area contributed by atoms with Gasteiger partial charge in [-0.1, -0.05) is 28.1 Å². The Hall–Kier alpha value is -1.09. The molecule has 0 saturated carbocycles. The van der Waals surface area contributed by atoms with E-state index in [9.17, 15) is 4.39 Å². The number of halogens is 2. The van der Waals surface area contributed by atoms with Crippen molar-refractivity contribution in [3.63, 3.8) is 0 Å². The molecule has 0 aliphatic carbocycles. The molecule has 0 bridgehead atoms. The lowest BCUT2D eigenvalue weighted by atomic mass is 10.2. The van der Waals surface area contributed by atoms with E-state index < -0.39 is 0 Å². The zero-order chi connectivity index (χ0) is 11.3. The summed E-state index contributed by atoms with van der Waals surface area (Å²) < 4.78 is 14.4. The second-order valence-electron chi connectivity index (χ2n) is 3.08. The van der Waals surface area contributed by atoms with Gasteiger partial charge in [-0.15, -0.1) is 13.2 Å². The summed E-state index contributed by atoms with van der Waals surface area (Å²) in [6, 6.07) is 4.87. The van der Waals surface area contributed by atoms with Crippen LogP contribution in [0.1, 0.15) is 0 Å². The number of rotatable bonds is 5.